The van der Waals surface area contributed by atoms with E-state index in [9.17, 15) is 53.0 Å². The average Bonchev–Trinajstić information content (AvgIpc) is 3.64. The van der Waals surface area contributed by atoms with Crippen LogP contribution in [0, 0.1) is 17.0 Å². The molecule has 0 saturated heterocycles. The number of aliphatic hydroxyl groups excluding tert-OH is 1. The first-order valence-electron chi connectivity index (χ1n) is 20.7. The fourth-order valence-electron chi connectivity index (χ4n) is 6.96. The normalized spacial score (nSPS) is 13.6. The number of carboxylic acid groups (broad SMARTS) is 2. The summed E-state index contributed by atoms with van der Waals surface area (Å²) >= 11 is 0. The number of aliphatic carboxylic acids is 2. The SMILES string of the molecule is CN[C@@H](C)C(=O)N[C@@H](CC(N)=O)C(=O)N[C@@H](CCN(C(=O)CO)[C@@H](c1cc(-c2cc(F)ccc2F)cn1Cc1ccccc1)C(C)(C)C)C(=O)NCCC(=O)N[C@H](CCC(=O)O)C(=O)O. The van der Waals surface area contributed by atoms with Crippen molar-refractivity contribution in [2.45, 2.75) is 96.6 Å². The maximum atomic E-state index is 15.3. The topological polar surface area (TPSA) is 292 Å². The molecule has 10 N–H and O–H groups in total. The third-order valence-electron chi connectivity index (χ3n) is 10.3. The van der Waals surface area contributed by atoms with Crippen LogP contribution < -0.4 is 32.3 Å². The Morgan fingerprint density at radius 2 is 1.49 bits per heavy atom. The molecule has 1 heterocycles. The number of amides is 6. The predicted octanol–water partition coefficient (Wildman–Crippen LogP) is 1.17. The van der Waals surface area contributed by atoms with E-state index in [0.29, 0.717) is 5.69 Å². The first-order chi connectivity index (χ1) is 30.6. The highest BCUT2D eigenvalue weighted by molar-refractivity contribution is 5.95. The van der Waals surface area contributed by atoms with Gasteiger partial charge in [-0.05, 0) is 62.1 Å². The summed E-state index contributed by atoms with van der Waals surface area (Å²) in [6.07, 6.45) is -0.890. The summed E-state index contributed by atoms with van der Waals surface area (Å²) in [6.45, 7) is 5.32. The molecule has 3 aromatic rings. The maximum absolute atomic E-state index is 15.3. The minimum atomic E-state index is -1.57. The summed E-state index contributed by atoms with van der Waals surface area (Å²) in [4.78, 5) is 103. The average molecular weight is 913 g/mol. The molecule has 0 unspecified atom stereocenters. The number of rotatable bonds is 25. The lowest BCUT2D eigenvalue weighted by Gasteiger charge is -2.41. The minimum Gasteiger partial charge on any atom is -0.481 e. The van der Waals surface area contributed by atoms with Crippen molar-refractivity contribution in [2.75, 3.05) is 26.7 Å². The van der Waals surface area contributed by atoms with Gasteiger partial charge in [-0.25, -0.2) is 13.6 Å². The van der Waals surface area contributed by atoms with E-state index in [2.05, 4.69) is 26.6 Å². The van der Waals surface area contributed by atoms with Crippen LogP contribution in [0.5, 0.6) is 0 Å². The number of likely N-dealkylation sites (N-methyl/N-ethyl adjacent to an activating group) is 1. The number of nitrogens with zero attached hydrogens (tertiary/aromatic N) is 2. The molecule has 65 heavy (non-hydrogen) atoms. The molecule has 0 aliphatic rings. The molecule has 0 aliphatic heterocycles. The van der Waals surface area contributed by atoms with Crippen LogP contribution in [0.2, 0.25) is 0 Å². The number of primary amides is 1. The standard InChI is InChI=1S/C44H58F2N8O11/c1-25(48-5)40(61)52-33(21-35(47)56)42(63)51-31(41(62)49-17-15-36(57)50-32(43(64)65)13-14-38(59)60)16-18-54(37(58)24-55)39(44(2,3)4)34-19-27(29-20-28(45)11-12-30(29)46)23-53(34)22-26-9-7-6-8-10-26/h6-12,19-20,23,25,31-33,39,48,55H,13-18,21-22,24H2,1-5H3,(H2,47,56)(H,49,62)(H,50,57)(H,51,63)(H,52,61)(H,59,60)(H,64,65)/t25-,31-,32+,33-,39-/m0/s1. The fraction of sp³-hybridized carbons (Fsp3) is 0.455. The second-order valence-corrected chi connectivity index (χ2v) is 16.4. The van der Waals surface area contributed by atoms with Crippen molar-refractivity contribution in [1.29, 1.82) is 0 Å². The Kier molecular flexibility index (Phi) is 19.7. The van der Waals surface area contributed by atoms with Crippen molar-refractivity contribution in [3.8, 4) is 11.1 Å². The van der Waals surface area contributed by atoms with Gasteiger partial charge in [0.2, 0.25) is 35.4 Å². The van der Waals surface area contributed by atoms with E-state index in [1.165, 1.54) is 18.9 Å². The van der Waals surface area contributed by atoms with Gasteiger partial charge in [0.15, 0.2) is 0 Å². The molecule has 0 bridgehead atoms. The van der Waals surface area contributed by atoms with Crippen LogP contribution in [0.3, 0.4) is 0 Å². The first kappa shape index (κ1) is 52.6. The molecule has 5 atom stereocenters. The van der Waals surface area contributed by atoms with Crippen molar-refractivity contribution in [3.05, 3.63) is 83.7 Å². The molecule has 0 aliphatic carbocycles. The Labute approximate surface area is 374 Å². The number of nitrogens with one attached hydrogen (secondary N) is 5. The van der Waals surface area contributed by atoms with E-state index in [0.717, 1.165) is 23.8 Å². The van der Waals surface area contributed by atoms with Gasteiger partial charge in [0, 0.05) is 55.5 Å². The number of hydrogen-bond acceptors (Lipinski definition) is 10. The lowest BCUT2D eigenvalue weighted by molar-refractivity contribution is -0.143. The minimum absolute atomic E-state index is 0.0562. The lowest BCUT2D eigenvalue weighted by atomic mass is 9.82. The van der Waals surface area contributed by atoms with E-state index in [4.69, 9.17) is 10.8 Å². The fourth-order valence-corrected chi connectivity index (χ4v) is 6.96. The summed E-state index contributed by atoms with van der Waals surface area (Å²) in [5, 5.41) is 41.0. The molecule has 21 heteroatoms. The number of benzene rings is 2. The maximum Gasteiger partial charge on any atom is 0.326 e. The predicted molar refractivity (Wildman–Crippen MR) is 231 cm³/mol. The van der Waals surface area contributed by atoms with E-state index < -0.39 is 133 Å². The van der Waals surface area contributed by atoms with Crippen molar-refractivity contribution in [1.82, 2.24) is 36.1 Å². The summed E-state index contributed by atoms with van der Waals surface area (Å²) < 4.78 is 31.5. The largest absolute Gasteiger partial charge is 0.481 e. The molecule has 0 fully saturated rings. The van der Waals surface area contributed by atoms with Crippen LogP contribution >= 0.6 is 0 Å². The molecule has 19 nitrogen and oxygen atoms in total. The number of nitrogens with two attached hydrogens (primary N) is 1. The van der Waals surface area contributed by atoms with Crippen LogP contribution in [0.1, 0.15) is 77.1 Å². The zero-order valence-electron chi connectivity index (χ0n) is 36.9. The monoisotopic (exact) mass is 912 g/mol. The number of halogens is 2. The zero-order chi connectivity index (χ0) is 48.6. The van der Waals surface area contributed by atoms with Gasteiger partial charge in [0.05, 0.1) is 18.5 Å². The highest BCUT2D eigenvalue weighted by atomic mass is 19.1. The number of aromatic nitrogens is 1. The Bertz CT molecular complexity index is 2180. The smallest absolute Gasteiger partial charge is 0.326 e. The van der Waals surface area contributed by atoms with Gasteiger partial charge in [-0.1, -0.05) is 51.1 Å². The van der Waals surface area contributed by atoms with E-state index in [1.807, 2.05) is 30.3 Å². The van der Waals surface area contributed by atoms with E-state index in [-0.39, 0.29) is 30.6 Å². The highest BCUT2D eigenvalue weighted by Gasteiger charge is 2.38. The summed E-state index contributed by atoms with van der Waals surface area (Å²) in [5.41, 5.74) is 6.00. The van der Waals surface area contributed by atoms with Gasteiger partial charge in [-0.3, -0.25) is 33.6 Å². The Morgan fingerprint density at radius 1 is 0.831 bits per heavy atom. The number of hydrogen-bond donors (Lipinski definition) is 9. The number of carboxylic acids is 2. The van der Waals surface area contributed by atoms with Gasteiger partial charge in [0.25, 0.3) is 0 Å². The van der Waals surface area contributed by atoms with Crippen molar-refractivity contribution >= 4 is 47.4 Å². The second kappa shape index (κ2) is 24.4. The van der Waals surface area contributed by atoms with Crippen LogP contribution in [0.25, 0.3) is 11.1 Å². The molecule has 3 rings (SSSR count). The van der Waals surface area contributed by atoms with Crippen LogP contribution in [0.4, 0.5) is 8.78 Å². The van der Waals surface area contributed by atoms with Crippen molar-refractivity contribution in [2.24, 2.45) is 11.1 Å². The van der Waals surface area contributed by atoms with Crippen LogP contribution in [-0.2, 0) is 44.9 Å². The zero-order valence-corrected chi connectivity index (χ0v) is 36.9. The number of carbonyl (C=O) groups excluding carboxylic acids is 6. The molecule has 0 radical (unpaired) electrons. The van der Waals surface area contributed by atoms with E-state index in [1.54, 1.807) is 37.6 Å². The third-order valence-corrected chi connectivity index (χ3v) is 10.3. The quantitative estimate of drug-likeness (QED) is 0.0579. The van der Waals surface area contributed by atoms with Gasteiger partial charge in [-0.15, -0.1) is 0 Å². The second-order valence-electron chi connectivity index (χ2n) is 16.4. The summed E-state index contributed by atoms with van der Waals surface area (Å²) in [5.74, 6) is -9.42. The van der Waals surface area contributed by atoms with Gasteiger partial charge in [0.1, 0.15) is 36.4 Å². The molecule has 1 aromatic heterocycles. The number of aliphatic hydroxyl groups is 1. The Balaban J connectivity index is 2.07. The van der Waals surface area contributed by atoms with Crippen LogP contribution in [0.15, 0.2) is 60.8 Å². The molecule has 2 aromatic carbocycles. The Morgan fingerprint density at radius 3 is 2.08 bits per heavy atom. The number of carbonyl (C=O) groups is 8. The Hall–Kier alpha value is -6.74. The highest BCUT2D eigenvalue weighted by Crippen LogP contribution is 2.41. The molecule has 354 valence electrons. The van der Waals surface area contributed by atoms with Gasteiger partial charge in [-0.2, -0.15) is 0 Å². The molecule has 0 saturated carbocycles. The van der Waals surface area contributed by atoms with Crippen LogP contribution in [-0.4, -0.2) is 123 Å². The molecular weight excluding hydrogens is 855 g/mol. The lowest BCUT2D eigenvalue weighted by Crippen LogP contribution is -2.57. The van der Waals surface area contributed by atoms with E-state index >= 15 is 4.39 Å². The molecular formula is C44H58F2N8O11. The van der Waals surface area contributed by atoms with Crippen molar-refractivity contribution < 1.29 is 62.5 Å². The van der Waals surface area contributed by atoms with Crippen molar-refractivity contribution in [3.63, 3.8) is 0 Å². The third kappa shape index (κ3) is 16.1. The van der Waals surface area contributed by atoms with Gasteiger partial charge < -0.3 is 57.1 Å². The van der Waals surface area contributed by atoms with Gasteiger partial charge >= 0.3 is 11.9 Å². The first-order valence-corrected chi connectivity index (χ1v) is 20.7. The summed E-state index contributed by atoms with van der Waals surface area (Å²) in [7, 11) is 1.48. The molecule has 0 spiro atoms. The molecule has 6 amide bonds. The summed E-state index contributed by atoms with van der Waals surface area (Å²) in [6, 6.07) is 7.32.